The maximum atomic E-state index is 13.2. The third kappa shape index (κ3) is 4.34. The van der Waals surface area contributed by atoms with Gasteiger partial charge in [0, 0.05) is 23.6 Å². The number of anilines is 1. The fourth-order valence-electron chi connectivity index (χ4n) is 8.32. The van der Waals surface area contributed by atoms with Crippen molar-refractivity contribution < 1.29 is 27.5 Å². The fourth-order valence-corrected chi connectivity index (χ4v) is 9.08. The lowest BCUT2D eigenvalue weighted by Crippen LogP contribution is -2.57. The monoisotopic (exact) mass is 566 g/mol. The molecule has 3 N–H and O–H groups in total. The maximum Gasteiger partial charge on any atom is 0.422 e. The summed E-state index contributed by atoms with van der Waals surface area (Å²) in [5.41, 5.74) is 1.02. The third-order valence-electron chi connectivity index (χ3n) is 10.1. The number of amides is 1. The zero-order chi connectivity index (χ0) is 28.4. The maximum absolute atomic E-state index is 13.2. The lowest BCUT2D eigenvalue weighted by Gasteiger charge is -2.58. The second kappa shape index (κ2) is 9.29. The highest BCUT2D eigenvalue weighted by Gasteiger charge is 2.63. The molecule has 7 atom stereocenters. The minimum atomic E-state index is -4.30. The summed E-state index contributed by atoms with van der Waals surface area (Å²) in [4.78, 5) is 38.1. The van der Waals surface area contributed by atoms with E-state index in [2.05, 4.69) is 34.8 Å². The first-order valence-corrected chi connectivity index (χ1v) is 15.3. The molecule has 0 radical (unpaired) electrons. The zero-order valence-corrected chi connectivity index (χ0v) is 23.6. The van der Waals surface area contributed by atoms with E-state index in [-0.39, 0.29) is 46.3 Å². The molecule has 0 saturated heterocycles. The number of ether oxygens (including phenoxy) is 1. The number of allylic oxidation sites excluding steroid dienone is 4. The molecule has 4 aliphatic rings. The predicted octanol–water partition coefficient (Wildman–Crippen LogP) is 4.44. The van der Waals surface area contributed by atoms with E-state index in [0.717, 1.165) is 23.8 Å². The number of hydrogen-bond donors (Lipinski definition) is 3. The Hall–Kier alpha value is -3.47. The van der Waals surface area contributed by atoms with Crippen LogP contribution < -0.4 is 9.44 Å². The molecule has 2 aromatic rings. The Morgan fingerprint density at radius 3 is 2.77 bits per heavy atom. The highest BCUT2D eigenvalue weighted by atomic mass is 32.2. The minimum absolute atomic E-state index is 0.0344. The van der Waals surface area contributed by atoms with Crippen LogP contribution in [0.3, 0.4) is 0 Å². The van der Waals surface area contributed by atoms with Gasteiger partial charge in [-0.2, -0.15) is 13.5 Å². The third-order valence-corrected chi connectivity index (χ3v) is 11.0. The average Bonchev–Trinajstić information content (AvgIpc) is 3.47. The number of carbonyl (C=O) groups is 3. The molecule has 4 aliphatic carbocycles. The molecular weight excluding hydrogens is 532 g/mol. The number of nitrogens with zero attached hydrogens (tertiary/aromatic N) is 1. The summed E-state index contributed by atoms with van der Waals surface area (Å²) in [6, 6.07) is 4.86. The van der Waals surface area contributed by atoms with E-state index in [0.29, 0.717) is 24.8 Å². The van der Waals surface area contributed by atoms with E-state index in [4.69, 9.17) is 4.74 Å². The van der Waals surface area contributed by atoms with Crippen LogP contribution in [0.2, 0.25) is 0 Å². The van der Waals surface area contributed by atoms with E-state index in [1.165, 1.54) is 0 Å². The topological polar surface area (TPSA) is 147 Å². The van der Waals surface area contributed by atoms with Crippen LogP contribution in [-0.4, -0.2) is 42.4 Å². The van der Waals surface area contributed by atoms with E-state index < -0.39 is 27.8 Å². The van der Waals surface area contributed by atoms with Gasteiger partial charge in [-0.3, -0.25) is 19.4 Å². The van der Waals surface area contributed by atoms with Gasteiger partial charge in [-0.05, 0) is 85.1 Å². The van der Waals surface area contributed by atoms with Crippen molar-refractivity contribution in [2.24, 2.45) is 34.5 Å². The Bertz CT molecular complexity index is 1580. The molecule has 2 saturated carbocycles. The molecular formula is C29H34N4O6S. The summed E-state index contributed by atoms with van der Waals surface area (Å²) in [6.45, 7) is 5.85. The Balaban J connectivity index is 1.28. The van der Waals surface area contributed by atoms with Crippen LogP contribution in [0.4, 0.5) is 10.5 Å². The molecule has 2 fully saturated rings. The summed E-state index contributed by atoms with van der Waals surface area (Å²) in [5.74, 6) is 0.166. The number of rotatable bonds is 5. The standard InChI is InChI=1S/C29H34N4O6S/c1-16(34)22-8-9-23-21-7-5-18-12-20(35)10-11-28(18,2)26(21)25(14-29(22,23)3)39-27(36)33-40(37,38)32-19-6-4-17-15-30-31-24(17)13-19/h4-7,12-13,15,21-23,25-26,32H,8-11,14H2,1-3H3,(H,30,31)(H,33,36)/t21?,22-,23+,25+,26?,28-,29-/m1/s1. The van der Waals surface area contributed by atoms with Gasteiger partial charge in [-0.25, -0.2) is 9.52 Å². The molecule has 40 heavy (non-hydrogen) atoms. The fraction of sp³-hybridized carbons (Fsp3) is 0.517. The first kappa shape index (κ1) is 26.7. The zero-order valence-electron chi connectivity index (χ0n) is 22.8. The molecule has 212 valence electrons. The van der Waals surface area contributed by atoms with E-state index in [1.807, 2.05) is 10.8 Å². The van der Waals surface area contributed by atoms with Crippen molar-refractivity contribution in [3.05, 3.63) is 48.2 Å². The van der Waals surface area contributed by atoms with Crippen LogP contribution in [0.15, 0.2) is 48.2 Å². The normalized spacial score (nSPS) is 34.8. The number of ketones is 2. The minimum Gasteiger partial charge on any atom is -0.445 e. The van der Waals surface area contributed by atoms with Gasteiger partial charge in [0.05, 0.1) is 17.4 Å². The Labute approximate surface area is 233 Å². The number of hydrogen-bond acceptors (Lipinski definition) is 7. The number of aromatic amines is 1. The van der Waals surface area contributed by atoms with Crippen molar-refractivity contribution in [3.63, 3.8) is 0 Å². The van der Waals surface area contributed by atoms with Crippen molar-refractivity contribution in [1.82, 2.24) is 14.9 Å². The van der Waals surface area contributed by atoms with Crippen LogP contribution >= 0.6 is 0 Å². The molecule has 0 aliphatic heterocycles. The Kier molecular flexibility index (Phi) is 6.21. The summed E-state index contributed by atoms with van der Waals surface area (Å²) in [5, 5.41) is 7.52. The van der Waals surface area contributed by atoms with Gasteiger partial charge >= 0.3 is 16.3 Å². The van der Waals surface area contributed by atoms with Gasteiger partial charge in [0.2, 0.25) is 0 Å². The van der Waals surface area contributed by atoms with Gasteiger partial charge < -0.3 is 4.74 Å². The molecule has 6 rings (SSSR count). The molecule has 0 spiro atoms. The smallest absolute Gasteiger partial charge is 0.422 e. The van der Waals surface area contributed by atoms with Gasteiger partial charge in [-0.1, -0.05) is 26.0 Å². The SMILES string of the molecule is CC(=O)[C@H]1CC[C@H]2C3C=CC4=CC(=O)CC[C@@]4(C)C3[C@@H](OC(=O)NS(=O)(=O)Nc3ccc4cn[nH]c4c3)C[C@]12C. The summed E-state index contributed by atoms with van der Waals surface area (Å²) in [6.07, 6.45) is 8.92. The quantitative estimate of drug-likeness (QED) is 0.485. The van der Waals surface area contributed by atoms with E-state index >= 15 is 0 Å². The Morgan fingerprint density at radius 2 is 2.00 bits per heavy atom. The van der Waals surface area contributed by atoms with Gasteiger partial charge in [-0.15, -0.1) is 0 Å². The lowest BCUT2D eigenvalue weighted by molar-refractivity contribution is -0.135. The molecule has 1 amide bonds. The molecule has 1 aromatic carbocycles. The van der Waals surface area contributed by atoms with Crippen molar-refractivity contribution in [2.45, 2.75) is 59.0 Å². The number of H-pyrrole nitrogens is 1. The lowest BCUT2D eigenvalue weighted by atomic mass is 9.47. The Morgan fingerprint density at radius 1 is 1.20 bits per heavy atom. The summed E-state index contributed by atoms with van der Waals surface area (Å²) >= 11 is 0. The molecule has 10 nitrogen and oxygen atoms in total. The van der Waals surface area contributed by atoms with Gasteiger partial charge in [0.25, 0.3) is 0 Å². The number of fused-ring (bicyclic) bond motifs is 6. The van der Waals surface area contributed by atoms with Crippen molar-refractivity contribution >= 4 is 44.5 Å². The molecule has 2 unspecified atom stereocenters. The largest absolute Gasteiger partial charge is 0.445 e. The number of carbonyl (C=O) groups excluding carboxylic acids is 3. The van der Waals surface area contributed by atoms with Crippen molar-refractivity contribution in [1.29, 1.82) is 0 Å². The van der Waals surface area contributed by atoms with Crippen LogP contribution in [-0.2, 0) is 24.5 Å². The number of aromatic nitrogens is 2. The second-order valence-electron chi connectivity index (χ2n) is 12.3. The average molecular weight is 567 g/mol. The predicted molar refractivity (Wildman–Crippen MR) is 148 cm³/mol. The number of benzene rings is 1. The molecule has 11 heteroatoms. The molecule has 0 bridgehead atoms. The van der Waals surface area contributed by atoms with Crippen LogP contribution in [0, 0.1) is 34.5 Å². The van der Waals surface area contributed by atoms with E-state index in [1.54, 1.807) is 37.4 Å². The van der Waals surface area contributed by atoms with Crippen molar-refractivity contribution in [2.75, 3.05) is 4.72 Å². The van der Waals surface area contributed by atoms with Crippen LogP contribution in [0.5, 0.6) is 0 Å². The van der Waals surface area contributed by atoms with Crippen LogP contribution in [0.25, 0.3) is 10.9 Å². The van der Waals surface area contributed by atoms with Gasteiger partial charge in [0.1, 0.15) is 11.9 Å². The highest BCUT2D eigenvalue weighted by molar-refractivity contribution is 7.91. The first-order valence-electron chi connectivity index (χ1n) is 13.8. The highest BCUT2D eigenvalue weighted by Crippen LogP contribution is 2.65. The van der Waals surface area contributed by atoms with Crippen molar-refractivity contribution in [3.8, 4) is 0 Å². The molecule has 1 aromatic heterocycles. The molecule has 1 heterocycles. The van der Waals surface area contributed by atoms with Gasteiger partial charge in [0.15, 0.2) is 5.78 Å². The number of Topliss-reactive ketones (excluding diaryl/α,β-unsaturated/α-hetero) is 1. The number of nitrogens with one attached hydrogen (secondary N) is 3. The summed E-state index contributed by atoms with van der Waals surface area (Å²) in [7, 11) is -4.30. The second-order valence-corrected chi connectivity index (χ2v) is 13.7. The first-order chi connectivity index (χ1) is 18.9. The van der Waals surface area contributed by atoms with E-state index in [9.17, 15) is 22.8 Å². The van der Waals surface area contributed by atoms with Crippen LogP contribution in [0.1, 0.15) is 52.9 Å². The summed E-state index contributed by atoms with van der Waals surface area (Å²) < 4.78 is 36.1.